The van der Waals surface area contributed by atoms with Gasteiger partial charge in [-0.25, -0.2) is 9.59 Å². The highest BCUT2D eigenvalue weighted by Crippen LogP contribution is 2.19. The molecule has 1 aliphatic heterocycles. The van der Waals surface area contributed by atoms with Crippen molar-refractivity contribution in [2.45, 2.75) is 90.7 Å². The lowest BCUT2D eigenvalue weighted by atomic mass is 9.98. The number of carbonyl (C=O) groups excluding carboxylic acids is 3. The number of carbonyl (C=O) groups is 3. The maximum atomic E-state index is 11.9. The third-order valence-corrected chi connectivity index (χ3v) is 3.24. The predicted molar refractivity (Wildman–Crippen MR) is 91.1 cm³/mol. The van der Waals surface area contributed by atoms with E-state index in [2.05, 4.69) is 10.6 Å². The molecule has 1 unspecified atom stereocenters. The number of hydrogen-bond donors (Lipinski definition) is 2. The first-order valence-corrected chi connectivity index (χ1v) is 8.44. The Hall–Kier alpha value is -1.99. The van der Waals surface area contributed by atoms with Gasteiger partial charge in [0.15, 0.2) is 0 Å². The number of ether oxygens (including phenoxy) is 3. The monoisotopic (exact) mass is 358 g/mol. The van der Waals surface area contributed by atoms with E-state index in [1.807, 2.05) is 0 Å². The van der Waals surface area contributed by atoms with Crippen molar-refractivity contribution in [1.82, 2.24) is 10.6 Å². The summed E-state index contributed by atoms with van der Waals surface area (Å²) >= 11 is 0. The molecule has 3 atom stereocenters. The molecule has 25 heavy (non-hydrogen) atoms. The normalized spacial score (nSPS) is 22.4. The fourth-order valence-corrected chi connectivity index (χ4v) is 2.31. The Morgan fingerprint density at radius 3 is 2.12 bits per heavy atom. The summed E-state index contributed by atoms with van der Waals surface area (Å²) in [5.41, 5.74) is -1.24. The third kappa shape index (κ3) is 8.60. The van der Waals surface area contributed by atoms with Gasteiger partial charge in [0.2, 0.25) is 0 Å². The average Bonchev–Trinajstić information content (AvgIpc) is 2.32. The molecule has 1 saturated heterocycles. The number of amides is 2. The Kier molecular flexibility index (Phi) is 6.68. The molecule has 0 aromatic heterocycles. The molecule has 1 fully saturated rings. The SMILES string of the molecule is CC(NC(=O)OC(C)(C)C)[C@H]1C[C@H](NC(=O)OC(C)(C)C)CC(=O)O1. The predicted octanol–water partition coefficient (Wildman–Crippen LogP) is 2.50. The topological polar surface area (TPSA) is 103 Å². The molecular weight excluding hydrogens is 328 g/mol. The van der Waals surface area contributed by atoms with Crippen LogP contribution in [-0.2, 0) is 19.0 Å². The molecular formula is C17H30N2O6. The molecule has 8 heteroatoms. The van der Waals surface area contributed by atoms with Crippen LogP contribution in [0, 0.1) is 0 Å². The van der Waals surface area contributed by atoms with Gasteiger partial charge in [-0.05, 0) is 48.5 Å². The summed E-state index contributed by atoms with van der Waals surface area (Å²) in [6.45, 7) is 12.3. The first-order chi connectivity index (χ1) is 11.2. The number of nitrogens with one attached hydrogen (secondary N) is 2. The van der Waals surface area contributed by atoms with E-state index in [0.717, 1.165) is 0 Å². The van der Waals surface area contributed by atoms with E-state index in [4.69, 9.17) is 14.2 Å². The Balaban J connectivity index is 2.59. The molecule has 0 bridgehead atoms. The van der Waals surface area contributed by atoms with Crippen molar-refractivity contribution in [3.05, 3.63) is 0 Å². The van der Waals surface area contributed by atoms with Crippen LogP contribution in [0.25, 0.3) is 0 Å². The van der Waals surface area contributed by atoms with Crippen molar-refractivity contribution in [3.63, 3.8) is 0 Å². The van der Waals surface area contributed by atoms with Crippen LogP contribution in [0.1, 0.15) is 61.3 Å². The van der Waals surface area contributed by atoms with E-state index < -0.39 is 47.5 Å². The summed E-state index contributed by atoms with van der Waals surface area (Å²) in [4.78, 5) is 35.5. The van der Waals surface area contributed by atoms with Gasteiger partial charge in [0.25, 0.3) is 0 Å². The molecule has 144 valence electrons. The standard InChI is InChI=1S/C17H30N2O6/c1-10(18-14(21)24-16(2,3)4)12-8-11(9-13(20)23-12)19-15(22)25-17(5,6)7/h10-12H,8-9H2,1-7H3,(H,18,21)(H,19,22)/t10?,11-,12+/m0/s1. The van der Waals surface area contributed by atoms with Crippen LogP contribution in [0.15, 0.2) is 0 Å². The van der Waals surface area contributed by atoms with Crippen molar-refractivity contribution in [1.29, 1.82) is 0 Å². The lowest BCUT2D eigenvalue weighted by Gasteiger charge is -2.33. The molecule has 1 aliphatic rings. The maximum absolute atomic E-state index is 11.9. The summed E-state index contributed by atoms with van der Waals surface area (Å²) < 4.78 is 15.7. The van der Waals surface area contributed by atoms with Crippen LogP contribution < -0.4 is 10.6 Å². The van der Waals surface area contributed by atoms with Gasteiger partial charge in [0.05, 0.1) is 12.5 Å². The van der Waals surface area contributed by atoms with Crippen molar-refractivity contribution in [3.8, 4) is 0 Å². The highest BCUT2D eigenvalue weighted by atomic mass is 16.6. The Morgan fingerprint density at radius 1 is 1.08 bits per heavy atom. The fraction of sp³-hybridized carbons (Fsp3) is 0.824. The molecule has 0 saturated carbocycles. The van der Waals surface area contributed by atoms with Gasteiger partial charge in [-0.15, -0.1) is 0 Å². The van der Waals surface area contributed by atoms with Crippen LogP contribution in [-0.4, -0.2) is 47.5 Å². The third-order valence-electron chi connectivity index (χ3n) is 3.24. The molecule has 2 amide bonds. The number of alkyl carbamates (subject to hydrolysis) is 2. The summed E-state index contributed by atoms with van der Waals surface area (Å²) in [7, 11) is 0. The molecule has 1 rings (SSSR count). The molecule has 8 nitrogen and oxygen atoms in total. The number of hydrogen-bond acceptors (Lipinski definition) is 6. The maximum Gasteiger partial charge on any atom is 0.407 e. The molecule has 0 aromatic rings. The number of esters is 1. The lowest BCUT2D eigenvalue weighted by Crippen LogP contribution is -2.52. The van der Waals surface area contributed by atoms with Gasteiger partial charge in [-0.2, -0.15) is 0 Å². The highest BCUT2D eigenvalue weighted by Gasteiger charge is 2.34. The number of rotatable bonds is 3. The lowest BCUT2D eigenvalue weighted by molar-refractivity contribution is -0.156. The zero-order valence-electron chi connectivity index (χ0n) is 16.1. The van der Waals surface area contributed by atoms with Crippen LogP contribution in [0.4, 0.5) is 9.59 Å². The van der Waals surface area contributed by atoms with Gasteiger partial charge in [0, 0.05) is 12.5 Å². The first kappa shape index (κ1) is 21.1. The van der Waals surface area contributed by atoms with E-state index in [1.165, 1.54) is 0 Å². The molecule has 0 aliphatic carbocycles. The summed E-state index contributed by atoms with van der Waals surface area (Å²) in [5, 5.41) is 5.33. The molecule has 1 heterocycles. The molecule has 2 N–H and O–H groups in total. The van der Waals surface area contributed by atoms with Gasteiger partial charge < -0.3 is 24.8 Å². The van der Waals surface area contributed by atoms with Gasteiger partial charge in [-0.3, -0.25) is 4.79 Å². The first-order valence-electron chi connectivity index (χ1n) is 8.44. The quantitative estimate of drug-likeness (QED) is 0.593. The number of cyclic esters (lactones) is 1. The minimum absolute atomic E-state index is 0.0644. The second-order valence-corrected chi connectivity index (χ2v) is 8.25. The average molecular weight is 358 g/mol. The summed E-state index contributed by atoms with van der Waals surface area (Å²) in [5.74, 6) is -0.435. The van der Waals surface area contributed by atoms with Crippen LogP contribution >= 0.6 is 0 Å². The highest BCUT2D eigenvalue weighted by molar-refractivity contribution is 5.74. The largest absolute Gasteiger partial charge is 0.460 e. The zero-order chi connectivity index (χ0) is 19.4. The van der Waals surface area contributed by atoms with Gasteiger partial charge >= 0.3 is 18.2 Å². The van der Waals surface area contributed by atoms with Crippen molar-refractivity contribution >= 4 is 18.2 Å². The van der Waals surface area contributed by atoms with Crippen LogP contribution in [0.3, 0.4) is 0 Å². The van der Waals surface area contributed by atoms with Crippen molar-refractivity contribution in [2.75, 3.05) is 0 Å². The van der Waals surface area contributed by atoms with E-state index in [0.29, 0.717) is 6.42 Å². The van der Waals surface area contributed by atoms with E-state index in [-0.39, 0.29) is 6.42 Å². The molecule has 0 radical (unpaired) electrons. The van der Waals surface area contributed by atoms with Crippen molar-refractivity contribution in [2.24, 2.45) is 0 Å². The second kappa shape index (κ2) is 7.93. The van der Waals surface area contributed by atoms with E-state index in [9.17, 15) is 14.4 Å². The Labute approximate surface area is 148 Å². The second-order valence-electron chi connectivity index (χ2n) is 8.25. The van der Waals surface area contributed by atoms with E-state index >= 15 is 0 Å². The fourth-order valence-electron chi connectivity index (χ4n) is 2.31. The van der Waals surface area contributed by atoms with Crippen molar-refractivity contribution < 1.29 is 28.6 Å². The minimum Gasteiger partial charge on any atom is -0.460 e. The van der Waals surface area contributed by atoms with Gasteiger partial charge in [0.1, 0.15) is 17.3 Å². The molecule has 0 aromatic carbocycles. The van der Waals surface area contributed by atoms with E-state index in [1.54, 1.807) is 48.5 Å². The van der Waals surface area contributed by atoms with Crippen LogP contribution in [0.5, 0.6) is 0 Å². The zero-order valence-corrected chi connectivity index (χ0v) is 16.1. The van der Waals surface area contributed by atoms with Gasteiger partial charge in [-0.1, -0.05) is 0 Å². The smallest absolute Gasteiger partial charge is 0.407 e. The Morgan fingerprint density at radius 2 is 1.60 bits per heavy atom. The minimum atomic E-state index is -0.621. The summed E-state index contributed by atoms with van der Waals surface area (Å²) in [6.07, 6.45) is -1.29. The van der Waals surface area contributed by atoms with Crippen LogP contribution in [0.2, 0.25) is 0 Å². The molecule has 0 spiro atoms. The summed E-state index contributed by atoms with van der Waals surface area (Å²) in [6, 6.07) is -0.869. The Bertz CT molecular complexity index is 506.